The lowest BCUT2D eigenvalue weighted by molar-refractivity contribution is -0.385. The Labute approximate surface area is 133 Å². The summed E-state index contributed by atoms with van der Waals surface area (Å²) < 4.78 is 0. The molecule has 23 heavy (non-hydrogen) atoms. The molecule has 0 spiro atoms. The highest BCUT2D eigenvalue weighted by Crippen LogP contribution is 2.23. The van der Waals surface area contributed by atoms with E-state index < -0.39 is 16.9 Å². The largest absolute Gasteiger partial charge is 0.388 e. The molecule has 6 heteroatoms. The van der Waals surface area contributed by atoms with Crippen LogP contribution in [0.2, 0.25) is 0 Å². The molecule has 2 aromatic rings. The summed E-state index contributed by atoms with van der Waals surface area (Å²) in [5.74, 6) is -0.513. The van der Waals surface area contributed by atoms with Crippen LogP contribution in [0.15, 0.2) is 48.5 Å². The maximum absolute atomic E-state index is 12.1. The predicted octanol–water partition coefficient (Wildman–Crippen LogP) is 2.76. The van der Waals surface area contributed by atoms with Crippen LogP contribution < -0.4 is 5.32 Å². The summed E-state index contributed by atoms with van der Waals surface area (Å²) in [5.41, 5.74) is 1.05. The topological polar surface area (TPSA) is 92.5 Å². The fourth-order valence-electron chi connectivity index (χ4n) is 2.34. The molecule has 2 N–H and O–H groups in total. The molecule has 0 bridgehead atoms. The van der Waals surface area contributed by atoms with Gasteiger partial charge in [0.2, 0.25) is 0 Å². The average Bonchev–Trinajstić information content (AvgIpc) is 2.54. The van der Waals surface area contributed by atoms with E-state index in [2.05, 4.69) is 5.32 Å². The van der Waals surface area contributed by atoms with Crippen LogP contribution in [0.1, 0.15) is 34.0 Å². The summed E-state index contributed by atoms with van der Waals surface area (Å²) in [6.07, 6.45) is -0.362. The van der Waals surface area contributed by atoms with Crippen molar-refractivity contribution in [3.05, 3.63) is 75.3 Å². The molecule has 1 amide bonds. The Balaban J connectivity index is 1.98. The minimum absolute atomic E-state index is 0.0317. The molecule has 0 heterocycles. The minimum atomic E-state index is -0.691. The zero-order valence-corrected chi connectivity index (χ0v) is 12.7. The van der Waals surface area contributed by atoms with Crippen LogP contribution >= 0.6 is 0 Å². The Morgan fingerprint density at radius 1 is 1.22 bits per heavy atom. The van der Waals surface area contributed by atoms with Crippen LogP contribution in [0, 0.1) is 17.0 Å². The Bertz CT molecular complexity index is 701. The monoisotopic (exact) mass is 314 g/mol. The predicted molar refractivity (Wildman–Crippen MR) is 86.2 cm³/mol. The fourth-order valence-corrected chi connectivity index (χ4v) is 2.34. The quantitative estimate of drug-likeness (QED) is 0.633. The molecule has 1 atom stereocenters. The van der Waals surface area contributed by atoms with Crippen LogP contribution in [-0.2, 0) is 0 Å². The lowest BCUT2D eigenvalue weighted by Crippen LogP contribution is -2.26. The number of benzene rings is 2. The van der Waals surface area contributed by atoms with E-state index in [-0.39, 0.29) is 17.8 Å². The molecule has 0 aliphatic carbocycles. The van der Waals surface area contributed by atoms with E-state index in [0.29, 0.717) is 12.0 Å². The second-order valence-electron chi connectivity index (χ2n) is 5.20. The number of carbonyl (C=O) groups excluding carboxylic acids is 1. The first-order chi connectivity index (χ1) is 11.0. The lowest BCUT2D eigenvalue weighted by Gasteiger charge is -2.12. The molecule has 1 unspecified atom stereocenters. The second kappa shape index (κ2) is 7.51. The highest BCUT2D eigenvalue weighted by Gasteiger charge is 2.22. The standard InChI is InChI=1S/C17H18N2O4/c1-12-6-5-9-14(16(12)19(22)23)17(21)18-11-10-15(20)13-7-3-2-4-8-13/h2-9,15,20H,10-11H2,1H3,(H,18,21). The highest BCUT2D eigenvalue weighted by molar-refractivity contribution is 5.98. The van der Waals surface area contributed by atoms with Gasteiger partial charge in [-0.1, -0.05) is 42.5 Å². The second-order valence-corrected chi connectivity index (χ2v) is 5.20. The van der Waals surface area contributed by atoms with E-state index in [0.717, 1.165) is 5.56 Å². The van der Waals surface area contributed by atoms with Gasteiger partial charge in [0.15, 0.2) is 0 Å². The number of nitrogens with zero attached hydrogens (tertiary/aromatic N) is 1. The molecule has 120 valence electrons. The van der Waals surface area contributed by atoms with Gasteiger partial charge in [0.25, 0.3) is 11.6 Å². The van der Waals surface area contributed by atoms with Crippen molar-refractivity contribution in [1.29, 1.82) is 0 Å². The van der Waals surface area contributed by atoms with Gasteiger partial charge >= 0.3 is 0 Å². The zero-order valence-electron chi connectivity index (χ0n) is 12.7. The van der Waals surface area contributed by atoms with Gasteiger partial charge in [-0.3, -0.25) is 14.9 Å². The normalized spacial score (nSPS) is 11.7. The number of aliphatic hydroxyl groups excluding tert-OH is 1. The van der Waals surface area contributed by atoms with Crippen molar-refractivity contribution in [1.82, 2.24) is 5.32 Å². The number of hydrogen-bond donors (Lipinski definition) is 2. The van der Waals surface area contributed by atoms with Gasteiger partial charge in [-0.05, 0) is 25.0 Å². The summed E-state index contributed by atoms with van der Waals surface area (Å²) in [4.78, 5) is 22.7. The van der Waals surface area contributed by atoms with Crippen molar-refractivity contribution >= 4 is 11.6 Å². The Kier molecular flexibility index (Phi) is 5.43. The molecule has 0 fully saturated rings. The van der Waals surface area contributed by atoms with Crippen LogP contribution in [0.5, 0.6) is 0 Å². The van der Waals surface area contributed by atoms with Gasteiger partial charge in [0.1, 0.15) is 5.56 Å². The molecule has 0 aliphatic heterocycles. The number of nitrogens with one attached hydrogen (secondary N) is 1. The maximum atomic E-state index is 12.1. The third-order valence-electron chi connectivity index (χ3n) is 3.55. The van der Waals surface area contributed by atoms with E-state index in [1.165, 1.54) is 6.07 Å². The molecule has 0 saturated carbocycles. The number of rotatable bonds is 6. The third kappa shape index (κ3) is 4.14. The van der Waals surface area contributed by atoms with Gasteiger partial charge in [-0.25, -0.2) is 0 Å². The third-order valence-corrected chi connectivity index (χ3v) is 3.55. The van der Waals surface area contributed by atoms with Crippen molar-refractivity contribution in [2.24, 2.45) is 0 Å². The van der Waals surface area contributed by atoms with Crippen molar-refractivity contribution in [3.63, 3.8) is 0 Å². The van der Waals surface area contributed by atoms with E-state index in [1.54, 1.807) is 31.2 Å². The number of nitro benzene ring substituents is 1. The molecular formula is C17H18N2O4. The van der Waals surface area contributed by atoms with Gasteiger partial charge in [-0.15, -0.1) is 0 Å². The SMILES string of the molecule is Cc1cccc(C(=O)NCCC(O)c2ccccc2)c1[N+](=O)[O-]. The van der Waals surface area contributed by atoms with Gasteiger partial charge in [0, 0.05) is 12.1 Å². The molecule has 2 rings (SSSR count). The average molecular weight is 314 g/mol. The molecule has 0 aliphatic rings. The molecule has 2 aromatic carbocycles. The lowest BCUT2D eigenvalue weighted by atomic mass is 10.1. The van der Waals surface area contributed by atoms with Crippen LogP contribution in [0.25, 0.3) is 0 Å². The van der Waals surface area contributed by atoms with E-state index in [9.17, 15) is 20.0 Å². The molecule has 0 saturated heterocycles. The first kappa shape index (κ1) is 16.6. The molecule has 0 radical (unpaired) electrons. The molecular weight excluding hydrogens is 296 g/mol. The van der Waals surface area contributed by atoms with Crippen LogP contribution in [0.4, 0.5) is 5.69 Å². The van der Waals surface area contributed by atoms with Gasteiger partial charge < -0.3 is 10.4 Å². The van der Waals surface area contributed by atoms with Crippen molar-refractivity contribution < 1.29 is 14.8 Å². The van der Waals surface area contributed by atoms with E-state index in [1.807, 2.05) is 18.2 Å². The van der Waals surface area contributed by atoms with Gasteiger partial charge in [0.05, 0.1) is 11.0 Å². The number of aliphatic hydroxyl groups is 1. The summed E-state index contributed by atoms with van der Waals surface area (Å²) in [5, 5.41) is 23.7. The molecule has 6 nitrogen and oxygen atoms in total. The number of amides is 1. The van der Waals surface area contributed by atoms with Crippen molar-refractivity contribution in [2.75, 3.05) is 6.54 Å². The minimum Gasteiger partial charge on any atom is -0.388 e. The Morgan fingerprint density at radius 3 is 2.57 bits per heavy atom. The van der Waals surface area contributed by atoms with E-state index in [4.69, 9.17) is 0 Å². The highest BCUT2D eigenvalue weighted by atomic mass is 16.6. The maximum Gasteiger partial charge on any atom is 0.285 e. The first-order valence-electron chi connectivity index (χ1n) is 7.26. The summed E-state index contributed by atoms with van der Waals surface area (Å²) in [7, 11) is 0. The summed E-state index contributed by atoms with van der Waals surface area (Å²) in [6.45, 7) is 1.81. The van der Waals surface area contributed by atoms with Crippen LogP contribution in [0.3, 0.4) is 0 Å². The number of para-hydroxylation sites is 1. The number of nitro groups is 1. The Hall–Kier alpha value is -2.73. The number of hydrogen-bond acceptors (Lipinski definition) is 4. The van der Waals surface area contributed by atoms with Crippen molar-refractivity contribution in [2.45, 2.75) is 19.4 Å². The first-order valence-corrected chi connectivity index (χ1v) is 7.26. The van der Waals surface area contributed by atoms with Gasteiger partial charge in [-0.2, -0.15) is 0 Å². The number of aryl methyl sites for hydroxylation is 1. The summed E-state index contributed by atoms with van der Waals surface area (Å²) >= 11 is 0. The van der Waals surface area contributed by atoms with E-state index >= 15 is 0 Å². The fraction of sp³-hybridized carbons (Fsp3) is 0.235. The smallest absolute Gasteiger partial charge is 0.285 e. The van der Waals surface area contributed by atoms with Crippen molar-refractivity contribution in [3.8, 4) is 0 Å². The Morgan fingerprint density at radius 2 is 1.91 bits per heavy atom. The molecule has 0 aromatic heterocycles. The summed E-state index contributed by atoms with van der Waals surface area (Å²) in [6, 6.07) is 13.7. The number of carbonyl (C=O) groups is 1. The zero-order chi connectivity index (χ0) is 16.8. The van der Waals surface area contributed by atoms with Crippen LogP contribution in [-0.4, -0.2) is 22.5 Å².